The van der Waals surface area contributed by atoms with E-state index in [4.69, 9.17) is 4.74 Å². The van der Waals surface area contributed by atoms with Crippen molar-refractivity contribution in [3.63, 3.8) is 0 Å². The van der Waals surface area contributed by atoms with E-state index in [0.717, 1.165) is 4.90 Å². The topological polar surface area (TPSA) is 62.7 Å². The number of carbonyl (C=O) groups is 1. The highest BCUT2D eigenvalue weighted by Crippen LogP contribution is 2.47. The predicted molar refractivity (Wildman–Crippen MR) is 82.9 cm³/mol. The van der Waals surface area contributed by atoms with E-state index in [0.29, 0.717) is 11.4 Å². The Kier molecular flexibility index (Phi) is 3.96. The van der Waals surface area contributed by atoms with Crippen LogP contribution < -0.4 is 9.64 Å². The first-order valence-electron chi connectivity index (χ1n) is 7.36. The molecule has 2 aromatic rings. The van der Waals surface area contributed by atoms with Crippen molar-refractivity contribution in [2.75, 3.05) is 12.0 Å². The Morgan fingerprint density at radius 2 is 2.08 bits per heavy atom. The fourth-order valence-corrected chi connectivity index (χ4v) is 2.80. The monoisotopic (exact) mass is 334 g/mol. The van der Waals surface area contributed by atoms with Gasteiger partial charge in [0.25, 0.3) is 0 Å². The molecular weight excluding hydrogens is 318 g/mol. The van der Waals surface area contributed by atoms with Gasteiger partial charge in [0.15, 0.2) is 0 Å². The summed E-state index contributed by atoms with van der Waals surface area (Å²) in [7, 11) is 1.50. The molecule has 1 N–H and O–H groups in total. The van der Waals surface area contributed by atoms with E-state index in [1.54, 1.807) is 18.2 Å². The van der Waals surface area contributed by atoms with Crippen molar-refractivity contribution in [3.05, 3.63) is 53.3 Å². The minimum atomic E-state index is -3.67. The van der Waals surface area contributed by atoms with E-state index in [-0.39, 0.29) is 17.8 Å². The van der Waals surface area contributed by atoms with Crippen molar-refractivity contribution >= 4 is 11.6 Å². The van der Waals surface area contributed by atoms with E-state index in [9.17, 15) is 18.7 Å². The third kappa shape index (κ3) is 2.50. The van der Waals surface area contributed by atoms with Crippen LogP contribution in [0, 0.1) is 0 Å². The number of amides is 1. The first-order chi connectivity index (χ1) is 11.4. The van der Waals surface area contributed by atoms with Gasteiger partial charge in [0.05, 0.1) is 42.9 Å². The third-order valence-corrected chi connectivity index (χ3v) is 4.00. The number of aliphatic hydroxyl groups excluding tert-OH is 1. The van der Waals surface area contributed by atoms with Crippen LogP contribution in [0.4, 0.5) is 14.5 Å². The van der Waals surface area contributed by atoms with Crippen molar-refractivity contribution in [3.8, 4) is 5.75 Å². The molecule has 1 aliphatic rings. The molecule has 1 aliphatic heterocycles. The van der Waals surface area contributed by atoms with Crippen LogP contribution >= 0.6 is 0 Å². The summed E-state index contributed by atoms with van der Waals surface area (Å²) in [6.45, 7) is 1.30. The van der Waals surface area contributed by atoms with Crippen LogP contribution in [0.3, 0.4) is 0 Å². The molecule has 0 spiro atoms. The number of alkyl halides is 2. The number of rotatable bonds is 4. The number of pyridine rings is 1. The largest absolute Gasteiger partial charge is 0.495 e. The maximum Gasteiger partial charge on any atom is 0.352 e. The van der Waals surface area contributed by atoms with Crippen LogP contribution in [0.1, 0.15) is 29.8 Å². The standard InChI is InChI=1S/C17H16F2N2O3/c1-10(22)13-4-3-5-14-15(13)17(18,19)16(23)21(14)9-11-6-7-12(24-2)8-20-11/h3-8,10,22H,9H2,1-2H3/t10-/m0/s1. The van der Waals surface area contributed by atoms with E-state index in [2.05, 4.69) is 4.98 Å². The Morgan fingerprint density at radius 1 is 1.33 bits per heavy atom. The molecule has 5 nitrogen and oxygen atoms in total. The lowest BCUT2D eigenvalue weighted by Gasteiger charge is -2.17. The van der Waals surface area contributed by atoms with E-state index < -0.39 is 23.5 Å². The van der Waals surface area contributed by atoms with Gasteiger partial charge in [0.1, 0.15) is 5.75 Å². The number of aromatic nitrogens is 1. The Morgan fingerprint density at radius 3 is 2.67 bits per heavy atom. The number of carbonyl (C=O) groups excluding carboxylic acids is 1. The van der Waals surface area contributed by atoms with Gasteiger partial charge < -0.3 is 14.7 Å². The van der Waals surface area contributed by atoms with Crippen molar-refractivity contribution < 1.29 is 23.4 Å². The molecule has 2 heterocycles. The molecule has 126 valence electrons. The number of halogens is 2. The van der Waals surface area contributed by atoms with Crippen molar-refractivity contribution in [2.45, 2.75) is 25.5 Å². The van der Waals surface area contributed by atoms with E-state index in [1.807, 2.05) is 0 Å². The molecule has 3 rings (SSSR count). The smallest absolute Gasteiger partial charge is 0.352 e. The number of nitrogens with zero attached hydrogens (tertiary/aromatic N) is 2. The number of fused-ring (bicyclic) bond motifs is 1. The van der Waals surface area contributed by atoms with Gasteiger partial charge in [-0.1, -0.05) is 12.1 Å². The Hall–Kier alpha value is -2.54. The van der Waals surface area contributed by atoms with Crippen LogP contribution in [0.15, 0.2) is 36.5 Å². The molecule has 1 aromatic carbocycles. The van der Waals surface area contributed by atoms with Crippen LogP contribution in [-0.4, -0.2) is 23.1 Å². The van der Waals surface area contributed by atoms with Crippen molar-refractivity contribution in [1.29, 1.82) is 0 Å². The molecule has 1 amide bonds. The maximum absolute atomic E-state index is 14.5. The van der Waals surface area contributed by atoms with Crippen LogP contribution in [-0.2, 0) is 17.3 Å². The fourth-order valence-electron chi connectivity index (χ4n) is 2.80. The first-order valence-corrected chi connectivity index (χ1v) is 7.36. The van der Waals surface area contributed by atoms with Gasteiger partial charge in [0.2, 0.25) is 0 Å². The zero-order valence-electron chi connectivity index (χ0n) is 13.2. The SMILES string of the molecule is COc1ccc(CN2C(=O)C(F)(F)c3c([C@H](C)O)cccc32)nc1. The molecule has 0 bridgehead atoms. The molecule has 0 aliphatic carbocycles. The summed E-state index contributed by atoms with van der Waals surface area (Å²) in [5.41, 5.74) is 0.172. The average Bonchev–Trinajstić information content (AvgIpc) is 2.76. The molecule has 0 fully saturated rings. The highest BCUT2D eigenvalue weighted by atomic mass is 19.3. The van der Waals surface area contributed by atoms with Gasteiger partial charge in [-0.15, -0.1) is 0 Å². The molecule has 7 heteroatoms. The van der Waals surface area contributed by atoms with Gasteiger partial charge in [-0.2, -0.15) is 8.78 Å². The van der Waals surface area contributed by atoms with Crippen molar-refractivity contribution in [1.82, 2.24) is 4.98 Å². The quantitative estimate of drug-likeness (QED) is 0.934. The maximum atomic E-state index is 14.5. The summed E-state index contributed by atoms with van der Waals surface area (Å²) < 4.78 is 34.0. The number of anilines is 1. The highest BCUT2D eigenvalue weighted by molar-refractivity contribution is 6.06. The van der Waals surface area contributed by atoms with E-state index in [1.165, 1.54) is 32.4 Å². The third-order valence-electron chi connectivity index (χ3n) is 4.00. The van der Waals surface area contributed by atoms with Crippen LogP contribution in [0.25, 0.3) is 0 Å². The number of hydrogen-bond acceptors (Lipinski definition) is 4. The van der Waals surface area contributed by atoms with Crippen molar-refractivity contribution in [2.24, 2.45) is 0 Å². The summed E-state index contributed by atoms with van der Waals surface area (Å²) in [4.78, 5) is 17.3. The Balaban J connectivity index is 2.02. The Labute approximate surface area is 137 Å². The minimum Gasteiger partial charge on any atom is -0.495 e. The number of hydrogen-bond donors (Lipinski definition) is 1. The molecule has 0 unspecified atom stereocenters. The summed E-state index contributed by atoms with van der Waals surface area (Å²) in [5.74, 6) is -4.45. The van der Waals surface area contributed by atoms with Gasteiger partial charge in [0, 0.05) is 0 Å². The average molecular weight is 334 g/mol. The molecule has 0 saturated carbocycles. The minimum absolute atomic E-state index is 0.0519. The zero-order valence-corrected chi connectivity index (χ0v) is 13.2. The van der Waals surface area contributed by atoms with Crippen LogP contribution in [0.2, 0.25) is 0 Å². The van der Waals surface area contributed by atoms with E-state index >= 15 is 0 Å². The van der Waals surface area contributed by atoms with Crippen LogP contribution in [0.5, 0.6) is 5.75 Å². The predicted octanol–water partition coefficient (Wildman–Crippen LogP) is 2.78. The summed E-state index contributed by atoms with van der Waals surface area (Å²) in [5, 5.41) is 9.75. The van der Waals surface area contributed by atoms with Gasteiger partial charge >= 0.3 is 11.8 Å². The lowest BCUT2D eigenvalue weighted by molar-refractivity contribution is -0.141. The second-order valence-corrected chi connectivity index (χ2v) is 5.57. The van der Waals surface area contributed by atoms with Gasteiger partial charge in [-0.05, 0) is 30.7 Å². The fraction of sp³-hybridized carbons (Fsp3) is 0.294. The normalized spacial score (nSPS) is 16.9. The first kappa shape index (κ1) is 16.3. The number of ether oxygens (including phenoxy) is 1. The molecule has 0 radical (unpaired) electrons. The molecular formula is C17H16F2N2O3. The molecule has 1 atom stereocenters. The molecule has 0 saturated heterocycles. The Bertz CT molecular complexity index is 776. The number of aliphatic hydroxyl groups is 1. The molecule has 1 aromatic heterocycles. The zero-order chi connectivity index (χ0) is 17.5. The lowest BCUT2D eigenvalue weighted by Crippen LogP contribution is -2.34. The number of benzene rings is 1. The summed E-state index contributed by atoms with van der Waals surface area (Å²) in [6.07, 6.45) is 0.360. The second-order valence-electron chi connectivity index (χ2n) is 5.57. The lowest BCUT2D eigenvalue weighted by atomic mass is 9.98. The summed E-state index contributed by atoms with van der Waals surface area (Å²) in [6, 6.07) is 7.66. The number of methoxy groups -OCH3 is 1. The van der Waals surface area contributed by atoms with Gasteiger partial charge in [-0.3, -0.25) is 9.78 Å². The second kappa shape index (κ2) is 5.83. The summed E-state index contributed by atoms with van der Waals surface area (Å²) >= 11 is 0. The highest BCUT2D eigenvalue weighted by Gasteiger charge is 2.54. The molecule has 24 heavy (non-hydrogen) atoms. The van der Waals surface area contributed by atoms with Gasteiger partial charge in [-0.25, -0.2) is 0 Å².